The van der Waals surface area contributed by atoms with E-state index in [1.54, 1.807) is 12.1 Å². The third-order valence-corrected chi connectivity index (χ3v) is 3.55. The van der Waals surface area contributed by atoms with E-state index in [-0.39, 0.29) is 18.1 Å². The Hall–Kier alpha value is -1.68. The fourth-order valence-electron chi connectivity index (χ4n) is 2.46. The van der Waals surface area contributed by atoms with Crippen LogP contribution in [0.1, 0.15) is 36.5 Å². The van der Waals surface area contributed by atoms with Crippen LogP contribution in [0.2, 0.25) is 0 Å². The Morgan fingerprint density at radius 2 is 2.11 bits per heavy atom. The summed E-state index contributed by atoms with van der Waals surface area (Å²) in [5, 5.41) is 3.01. The molecular weight excluding hydrogens is 240 g/mol. The smallest absolute Gasteiger partial charge is 0.252 e. The van der Waals surface area contributed by atoms with Crippen molar-refractivity contribution in [2.24, 2.45) is 0 Å². The van der Waals surface area contributed by atoms with Crippen LogP contribution in [0.5, 0.6) is 0 Å². The van der Waals surface area contributed by atoms with E-state index in [0.717, 1.165) is 25.8 Å². The highest BCUT2D eigenvalue weighted by molar-refractivity contribution is 5.94. The number of amides is 1. The van der Waals surface area contributed by atoms with E-state index in [4.69, 9.17) is 0 Å². The molecule has 4 nitrogen and oxygen atoms in total. The van der Waals surface area contributed by atoms with Crippen molar-refractivity contribution in [1.29, 1.82) is 0 Å². The molecule has 1 aliphatic heterocycles. The van der Waals surface area contributed by atoms with E-state index < -0.39 is 0 Å². The summed E-state index contributed by atoms with van der Waals surface area (Å²) in [6, 6.07) is 8.87. The zero-order chi connectivity index (χ0) is 13.7. The Labute approximate surface area is 113 Å². The van der Waals surface area contributed by atoms with Crippen LogP contribution in [-0.4, -0.2) is 35.8 Å². The molecule has 0 bridgehead atoms. The summed E-state index contributed by atoms with van der Waals surface area (Å²) in [5.41, 5.74) is 0.649. The zero-order valence-electron chi connectivity index (χ0n) is 11.1. The van der Waals surface area contributed by atoms with Crippen LogP contribution < -0.4 is 5.32 Å². The van der Waals surface area contributed by atoms with Gasteiger partial charge in [0.05, 0.1) is 12.2 Å². The molecule has 2 atom stereocenters. The maximum absolute atomic E-state index is 12.1. The van der Waals surface area contributed by atoms with Gasteiger partial charge >= 0.3 is 0 Å². The molecule has 19 heavy (non-hydrogen) atoms. The third kappa shape index (κ3) is 3.41. The molecule has 0 aliphatic carbocycles. The van der Waals surface area contributed by atoms with Crippen LogP contribution in [0.25, 0.3) is 0 Å². The minimum Gasteiger partial charge on any atom is -0.336 e. The van der Waals surface area contributed by atoms with E-state index in [1.165, 1.54) is 0 Å². The van der Waals surface area contributed by atoms with E-state index in [9.17, 15) is 9.59 Å². The highest BCUT2D eigenvalue weighted by Gasteiger charge is 2.27. The first kappa shape index (κ1) is 13.7. The SMILES string of the molecule is CC([C]=O)N1CCCCC1NC(=O)c1ccccc1. The molecule has 0 saturated carbocycles. The second-order valence-electron chi connectivity index (χ2n) is 4.88. The maximum atomic E-state index is 12.1. The van der Waals surface area contributed by atoms with Crippen LogP contribution in [0.3, 0.4) is 0 Å². The first-order valence-corrected chi connectivity index (χ1v) is 6.71. The van der Waals surface area contributed by atoms with Crippen molar-refractivity contribution in [3.05, 3.63) is 35.9 Å². The number of nitrogens with zero attached hydrogens (tertiary/aromatic N) is 1. The topological polar surface area (TPSA) is 49.4 Å². The van der Waals surface area contributed by atoms with Crippen molar-refractivity contribution in [2.75, 3.05) is 6.54 Å². The molecule has 4 heteroatoms. The van der Waals surface area contributed by atoms with Gasteiger partial charge in [-0.25, -0.2) is 0 Å². The number of nitrogens with one attached hydrogen (secondary N) is 1. The van der Waals surface area contributed by atoms with Gasteiger partial charge in [-0.1, -0.05) is 18.2 Å². The normalized spacial score (nSPS) is 21.6. The molecule has 101 valence electrons. The van der Waals surface area contributed by atoms with Gasteiger partial charge in [0.2, 0.25) is 6.29 Å². The number of rotatable bonds is 4. The molecule has 1 heterocycles. The summed E-state index contributed by atoms with van der Waals surface area (Å²) in [4.78, 5) is 25.0. The minimum absolute atomic E-state index is 0.0714. The van der Waals surface area contributed by atoms with E-state index in [2.05, 4.69) is 5.32 Å². The molecule has 2 rings (SSSR count). The number of carbonyl (C=O) groups excluding carboxylic acids is 2. The number of benzene rings is 1. The lowest BCUT2D eigenvalue weighted by Crippen LogP contribution is -2.54. The Morgan fingerprint density at radius 1 is 1.37 bits per heavy atom. The van der Waals surface area contributed by atoms with Gasteiger partial charge in [-0.15, -0.1) is 0 Å². The number of likely N-dealkylation sites (tertiary alicyclic amines) is 1. The maximum Gasteiger partial charge on any atom is 0.252 e. The highest BCUT2D eigenvalue weighted by Crippen LogP contribution is 2.17. The Morgan fingerprint density at radius 3 is 2.79 bits per heavy atom. The van der Waals surface area contributed by atoms with Crippen molar-refractivity contribution in [1.82, 2.24) is 10.2 Å². The molecular formula is C15H19N2O2. The molecule has 2 unspecified atom stereocenters. The molecule has 1 amide bonds. The fourth-order valence-corrected chi connectivity index (χ4v) is 2.46. The monoisotopic (exact) mass is 259 g/mol. The van der Waals surface area contributed by atoms with Gasteiger partial charge in [0, 0.05) is 12.1 Å². The van der Waals surface area contributed by atoms with E-state index >= 15 is 0 Å². The van der Waals surface area contributed by atoms with Crippen LogP contribution >= 0.6 is 0 Å². The Kier molecular flexibility index (Phi) is 4.68. The number of piperidine rings is 1. The molecule has 0 aromatic heterocycles. The highest BCUT2D eigenvalue weighted by atomic mass is 16.2. The van der Waals surface area contributed by atoms with Crippen LogP contribution in [0, 0.1) is 0 Å². The van der Waals surface area contributed by atoms with Crippen LogP contribution in [0.15, 0.2) is 30.3 Å². The van der Waals surface area contributed by atoms with Crippen molar-refractivity contribution in [3.63, 3.8) is 0 Å². The molecule has 1 radical (unpaired) electrons. The van der Waals surface area contributed by atoms with Crippen molar-refractivity contribution in [3.8, 4) is 0 Å². The number of hydrogen-bond acceptors (Lipinski definition) is 3. The molecule has 1 aromatic rings. The molecule has 1 aliphatic rings. The summed E-state index contributed by atoms with van der Waals surface area (Å²) in [7, 11) is 0. The van der Waals surface area contributed by atoms with Gasteiger partial charge in [-0.3, -0.25) is 14.5 Å². The zero-order valence-corrected chi connectivity index (χ0v) is 11.1. The summed E-state index contributed by atoms with van der Waals surface area (Å²) in [6.07, 6.45) is 4.94. The van der Waals surface area contributed by atoms with E-state index in [1.807, 2.05) is 36.3 Å². The Balaban J connectivity index is 2.03. The van der Waals surface area contributed by atoms with Gasteiger partial charge in [-0.05, 0) is 38.3 Å². The van der Waals surface area contributed by atoms with Crippen molar-refractivity contribution >= 4 is 12.2 Å². The molecule has 1 aromatic carbocycles. The summed E-state index contributed by atoms with van der Waals surface area (Å²) >= 11 is 0. The third-order valence-electron chi connectivity index (χ3n) is 3.55. The first-order valence-electron chi connectivity index (χ1n) is 6.71. The summed E-state index contributed by atoms with van der Waals surface area (Å²) in [6.45, 7) is 2.65. The lowest BCUT2D eigenvalue weighted by atomic mass is 10.1. The summed E-state index contributed by atoms with van der Waals surface area (Å²) in [5.74, 6) is -0.0874. The van der Waals surface area contributed by atoms with Gasteiger partial charge < -0.3 is 5.32 Å². The molecule has 1 saturated heterocycles. The average Bonchev–Trinajstić information content (AvgIpc) is 2.48. The van der Waals surface area contributed by atoms with E-state index in [0.29, 0.717) is 5.56 Å². The average molecular weight is 259 g/mol. The number of carbonyl (C=O) groups is 1. The summed E-state index contributed by atoms with van der Waals surface area (Å²) < 4.78 is 0. The van der Waals surface area contributed by atoms with Crippen LogP contribution in [0.4, 0.5) is 0 Å². The van der Waals surface area contributed by atoms with Gasteiger partial charge in [-0.2, -0.15) is 0 Å². The van der Waals surface area contributed by atoms with Gasteiger partial charge in [0.25, 0.3) is 5.91 Å². The quantitative estimate of drug-likeness (QED) is 0.895. The Bertz CT molecular complexity index is 433. The molecule has 1 N–H and O–H groups in total. The molecule has 1 fully saturated rings. The largest absolute Gasteiger partial charge is 0.336 e. The standard InChI is InChI=1S/C15H19N2O2/c1-12(11-18)17-10-6-5-9-14(17)16-15(19)13-7-3-2-4-8-13/h2-4,7-8,12,14H,5-6,9-10H2,1H3,(H,16,19). The predicted molar refractivity (Wildman–Crippen MR) is 73.4 cm³/mol. The molecule has 0 spiro atoms. The minimum atomic E-state index is -0.277. The second kappa shape index (κ2) is 6.48. The first-order chi connectivity index (χ1) is 9.22. The van der Waals surface area contributed by atoms with Crippen molar-refractivity contribution in [2.45, 2.75) is 38.4 Å². The van der Waals surface area contributed by atoms with Gasteiger partial charge in [0.15, 0.2) is 0 Å². The van der Waals surface area contributed by atoms with Gasteiger partial charge in [0.1, 0.15) is 0 Å². The number of hydrogen-bond donors (Lipinski definition) is 1. The fraction of sp³-hybridized carbons (Fsp3) is 0.467. The van der Waals surface area contributed by atoms with Crippen molar-refractivity contribution < 1.29 is 9.59 Å². The lowest BCUT2D eigenvalue weighted by Gasteiger charge is -2.37. The van der Waals surface area contributed by atoms with Crippen LogP contribution in [-0.2, 0) is 4.79 Å². The lowest BCUT2D eigenvalue weighted by molar-refractivity contribution is 0.0733. The predicted octanol–water partition coefficient (Wildman–Crippen LogP) is 1.73. The second-order valence-corrected chi connectivity index (χ2v) is 4.88.